The van der Waals surface area contributed by atoms with Crippen LogP contribution in [0, 0.1) is 5.41 Å². The van der Waals surface area contributed by atoms with Gasteiger partial charge in [0, 0.05) is 6.04 Å². The summed E-state index contributed by atoms with van der Waals surface area (Å²) in [6, 6.07) is 0.795. The average molecular weight is 211 g/mol. The first kappa shape index (κ1) is 13.0. The van der Waals surface area contributed by atoms with E-state index >= 15 is 0 Å². The van der Waals surface area contributed by atoms with Crippen molar-refractivity contribution in [1.29, 1.82) is 0 Å². The van der Waals surface area contributed by atoms with E-state index in [2.05, 4.69) is 26.1 Å². The minimum atomic E-state index is 0.654. The quantitative estimate of drug-likeness (QED) is 0.566. The van der Waals surface area contributed by atoms with E-state index < -0.39 is 0 Å². The maximum atomic E-state index is 3.68. The third kappa shape index (κ3) is 4.55. The molecule has 1 saturated carbocycles. The Bertz CT molecular complexity index is 161. The van der Waals surface area contributed by atoms with Gasteiger partial charge >= 0.3 is 0 Å². The minimum absolute atomic E-state index is 0.654. The van der Waals surface area contributed by atoms with E-state index in [1.807, 2.05) is 0 Å². The largest absolute Gasteiger partial charge is 0.314 e. The van der Waals surface area contributed by atoms with Crippen molar-refractivity contribution in [2.75, 3.05) is 6.54 Å². The van der Waals surface area contributed by atoms with Crippen molar-refractivity contribution < 1.29 is 0 Å². The topological polar surface area (TPSA) is 12.0 Å². The smallest absolute Gasteiger partial charge is 0.0121 e. The fourth-order valence-electron chi connectivity index (χ4n) is 2.44. The van der Waals surface area contributed by atoms with Gasteiger partial charge in [-0.1, -0.05) is 52.9 Å². The minimum Gasteiger partial charge on any atom is -0.314 e. The second-order valence-electron chi connectivity index (χ2n) is 5.47. The Morgan fingerprint density at radius 1 is 1.07 bits per heavy atom. The van der Waals surface area contributed by atoms with E-state index in [1.165, 1.54) is 51.4 Å². The highest BCUT2D eigenvalue weighted by Crippen LogP contribution is 2.49. The van der Waals surface area contributed by atoms with Crippen LogP contribution in [0.1, 0.15) is 72.1 Å². The Morgan fingerprint density at radius 2 is 1.73 bits per heavy atom. The lowest BCUT2D eigenvalue weighted by Crippen LogP contribution is -2.36. The predicted molar refractivity (Wildman–Crippen MR) is 68.2 cm³/mol. The molecule has 0 heterocycles. The molecule has 0 radical (unpaired) electrons. The zero-order valence-corrected chi connectivity index (χ0v) is 10.9. The van der Waals surface area contributed by atoms with Gasteiger partial charge in [0.1, 0.15) is 0 Å². The Labute approximate surface area is 96.0 Å². The lowest BCUT2D eigenvalue weighted by Gasteiger charge is -2.24. The highest BCUT2D eigenvalue weighted by atomic mass is 14.9. The Balaban J connectivity index is 2.09. The zero-order chi connectivity index (χ0) is 11.1. The molecule has 1 unspecified atom stereocenters. The van der Waals surface area contributed by atoms with Crippen LogP contribution in [0.25, 0.3) is 0 Å². The highest BCUT2D eigenvalue weighted by Gasteiger charge is 2.43. The molecule has 1 atom stereocenters. The molecule has 1 heteroatoms. The maximum Gasteiger partial charge on any atom is 0.0121 e. The first-order valence-electron chi connectivity index (χ1n) is 6.96. The number of hydrogen-bond acceptors (Lipinski definition) is 1. The summed E-state index contributed by atoms with van der Waals surface area (Å²) in [7, 11) is 0. The van der Waals surface area contributed by atoms with Crippen molar-refractivity contribution >= 4 is 0 Å². The van der Waals surface area contributed by atoms with Gasteiger partial charge in [-0.2, -0.15) is 0 Å². The second kappa shape index (κ2) is 6.52. The van der Waals surface area contributed by atoms with Crippen molar-refractivity contribution in [3.05, 3.63) is 0 Å². The van der Waals surface area contributed by atoms with Crippen molar-refractivity contribution in [3.63, 3.8) is 0 Å². The third-order valence-electron chi connectivity index (χ3n) is 3.93. The molecule has 0 aromatic carbocycles. The van der Waals surface area contributed by atoms with Gasteiger partial charge in [-0.05, 0) is 31.2 Å². The highest BCUT2D eigenvalue weighted by molar-refractivity contribution is 4.98. The van der Waals surface area contributed by atoms with Gasteiger partial charge in [-0.25, -0.2) is 0 Å². The van der Waals surface area contributed by atoms with Gasteiger partial charge < -0.3 is 5.32 Å². The molecule has 0 aromatic heterocycles. The SMILES string of the molecule is CCCCCCCC(NCC)C1(C)CC1. The van der Waals surface area contributed by atoms with E-state index in [0.29, 0.717) is 5.41 Å². The van der Waals surface area contributed by atoms with Crippen LogP contribution in [0.15, 0.2) is 0 Å². The van der Waals surface area contributed by atoms with Crippen LogP contribution in [0.5, 0.6) is 0 Å². The van der Waals surface area contributed by atoms with E-state index in [9.17, 15) is 0 Å². The van der Waals surface area contributed by atoms with E-state index in [4.69, 9.17) is 0 Å². The Hall–Kier alpha value is -0.0400. The van der Waals surface area contributed by atoms with Crippen LogP contribution in [0.2, 0.25) is 0 Å². The van der Waals surface area contributed by atoms with Gasteiger partial charge in [0.2, 0.25) is 0 Å². The molecule has 0 amide bonds. The molecule has 1 aliphatic rings. The fraction of sp³-hybridized carbons (Fsp3) is 1.00. The summed E-state index contributed by atoms with van der Waals surface area (Å²) in [4.78, 5) is 0. The molecular formula is C14H29N. The molecule has 0 aliphatic heterocycles. The van der Waals surface area contributed by atoms with Crippen molar-refractivity contribution in [2.45, 2.75) is 78.2 Å². The van der Waals surface area contributed by atoms with Gasteiger partial charge in [-0.3, -0.25) is 0 Å². The molecule has 0 saturated heterocycles. The van der Waals surface area contributed by atoms with Crippen molar-refractivity contribution in [2.24, 2.45) is 5.41 Å². The maximum absolute atomic E-state index is 3.68. The zero-order valence-electron chi connectivity index (χ0n) is 10.9. The molecule has 0 spiro atoms. The molecule has 15 heavy (non-hydrogen) atoms. The summed E-state index contributed by atoms with van der Waals surface area (Å²) >= 11 is 0. The number of unbranched alkanes of at least 4 members (excludes halogenated alkanes) is 4. The first-order chi connectivity index (χ1) is 7.23. The lowest BCUT2D eigenvalue weighted by atomic mass is 9.93. The Kier molecular flexibility index (Phi) is 5.66. The van der Waals surface area contributed by atoms with Gasteiger partial charge in [-0.15, -0.1) is 0 Å². The van der Waals surface area contributed by atoms with Gasteiger partial charge in [0.05, 0.1) is 0 Å². The normalized spacial score (nSPS) is 20.2. The summed E-state index contributed by atoms with van der Waals surface area (Å²) in [5.74, 6) is 0. The van der Waals surface area contributed by atoms with Crippen LogP contribution in [-0.4, -0.2) is 12.6 Å². The van der Waals surface area contributed by atoms with Crippen LogP contribution < -0.4 is 5.32 Å². The van der Waals surface area contributed by atoms with Crippen LogP contribution in [0.4, 0.5) is 0 Å². The number of rotatable bonds is 9. The molecule has 0 bridgehead atoms. The van der Waals surface area contributed by atoms with Crippen LogP contribution in [-0.2, 0) is 0 Å². The standard InChI is InChI=1S/C14H29N/c1-4-6-7-8-9-10-13(15-5-2)14(3)11-12-14/h13,15H,4-12H2,1-3H3. The van der Waals surface area contributed by atoms with E-state index in [0.717, 1.165) is 12.6 Å². The first-order valence-corrected chi connectivity index (χ1v) is 6.96. The van der Waals surface area contributed by atoms with Gasteiger partial charge in [0.15, 0.2) is 0 Å². The third-order valence-corrected chi connectivity index (χ3v) is 3.93. The number of hydrogen-bond donors (Lipinski definition) is 1. The van der Waals surface area contributed by atoms with Gasteiger partial charge in [0.25, 0.3) is 0 Å². The van der Waals surface area contributed by atoms with Crippen molar-refractivity contribution in [3.8, 4) is 0 Å². The molecule has 90 valence electrons. The molecular weight excluding hydrogens is 182 g/mol. The molecule has 1 aliphatic carbocycles. The molecule has 1 nitrogen and oxygen atoms in total. The Morgan fingerprint density at radius 3 is 2.27 bits per heavy atom. The fourth-order valence-corrected chi connectivity index (χ4v) is 2.44. The molecule has 0 aromatic rings. The summed E-state index contributed by atoms with van der Waals surface area (Å²) in [5, 5.41) is 3.68. The monoisotopic (exact) mass is 211 g/mol. The summed E-state index contributed by atoms with van der Waals surface area (Å²) < 4.78 is 0. The summed E-state index contributed by atoms with van der Waals surface area (Å²) in [6.07, 6.45) is 11.4. The van der Waals surface area contributed by atoms with Crippen LogP contribution in [0.3, 0.4) is 0 Å². The molecule has 1 rings (SSSR count). The summed E-state index contributed by atoms with van der Waals surface area (Å²) in [5.41, 5.74) is 0.654. The average Bonchev–Trinajstić information content (AvgIpc) is 2.96. The molecule has 1 fully saturated rings. The summed E-state index contributed by atoms with van der Waals surface area (Å²) in [6.45, 7) is 8.10. The van der Waals surface area contributed by atoms with E-state index in [-0.39, 0.29) is 0 Å². The number of nitrogens with one attached hydrogen (secondary N) is 1. The second-order valence-corrected chi connectivity index (χ2v) is 5.47. The van der Waals surface area contributed by atoms with E-state index in [1.54, 1.807) is 0 Å². The molecule has 1 N–H and O–H groups in total. The predicted octanol–water partition coefficient (Wildman–Crippen LogP) is 4.13. The van der Waals surface area contributed by atoms with Crippen LogP contribution >= 0.6 is 0 Å². The lowest BCUT2D eigenvalue weighted by molar-refractivity contribution is 0.332. The van der Waals surface area contributed by atoms with Crippen molar-refractivity contribution in [1.82, 2.24) is 5.32 Å².